The predicted molar refractivity (Wildman–Crippen MR) is 95.5 cm³/mol. The maximum absolute atomic E-state index is 13.3. The van der Waals surface area contributed by atoms with Crippen LogP contribution in [0.2, 0.25) is 0 Å². The predicted octanol–water partition coefficient (Wildman–Crippen LogP) is 3.72. The molecule has 1 aromatic carbocycles. The van der Waals surface area contributed by atoms with Crippen molar-refractivity contribution in [1.29, 1.82) is 0 Å². The van der Waals surface area contributed by atoms with E-state index in [1.54, 1.807) is 23.0 Å². The summed E-state index contributed by atoms with van der Waals surface area (Å²) in [4.78, 5) is 12.3. The largest absolute Gasteiger partial charge is 0.322 e. The Morgan fingerprint density at radius 1 is 1.29 bits per heavy atom. The topological polar surface area (TPSA) is 64.7 Å². The number of aromatic nitrogens is 4. The number of carbonyl (C=O) groups excluding carboxylic acids is 1. The van der Waals surface area contributed by atoms with Gasteiger partial charge in [-0.25, -0.2) is 13.2 Å². The lowest BCUT2D eigenvalue weighted by atomic mass is 10.2. The van der Waals surface area contributed by atoms with Crippen LogP contribution in [-0.2, 0) is 17.9 Å². The Bertz CT molecular complexity index is 993. The fourth-order valence-corrected chi connectivity index (χ4v) is 3.07. The van der Waals surface area contributed by atoms with Crippen LogP contribution in [0, 0.1) is 5.82 Å². The molecule has 1 N–H and O–H groups in total. The highest BCUT2D eigenvalue weighted by Gasteiger charge is 2.30. The molecule has 0 unspecified atom stereocenters. The van der Waals surface area contributed by atoms with Crippen molar-refractivity contribution in [1.82, 2.24) is 19.6 Å². The van der Waals surface area contributed by atoms with E-state index in [9.17, 15) is 18.0 Å². The molecule has 146 valence electrons. The molecular formula is C19H18F3N5O. The average molecular weight is 389 g/mol. The minimum atomic E-state index is -2.66. The van der Waals surface area contributed by atoms with Gasteiger partial charge in [0.15, 0.2) is 0 Å². The number of nitrogens with zero attached hydrogens (tertiary/aromatic N) is 4. The molecule has 9 heteroatoms. The molecule has 6 nitrogen and oxygen atoms in total. The molecule has 1 aliphatic carbocycles. The van der Waals surface area contributed by atoms with Crippen LogP contribution in [0.4, 0.5) is 18.9 Å². The van der Waals surface area contributed by atoms with Crippen molar-refractivity contribution >= 4 is 11.6 Å². The number of carbonyl (C=O) groups is 1. The van der Waals surface area contributed by atoms with Crippen molar-refractivity contribution in [2.75, 3.05) is 5.32 Å². The van der Waals surface area contributed by atoms with Gasteiger partial charge in [-0.15, -0.1) is 0 Å². The van der Waals surface area contributed by atoms with Gasteiger partial charge < -0.3 is 5.32 Å². The fourth-order valence-electron chi connectivity index (χ4n) is 3.07. The molecule has 1 amide bonds. The van der Waals surface area contributed by atoms with Crippen LogP contribution in [0.5, 0.6) is 0 Å². The third kappa shape index (κ3) is 4.24. The lowest BCUT2D eigenvalue weighted by Crippen LogP contribution is -2.20. The minimum absolute atomic E-state index is 0.145. The van der Waals surface area contributed by atoms with E-state index in [0.29, 0.717) is 17.9 Å². The molecule has 3 aromatic rings. The van der Waals surface area contributed by atoms with Gasteiger partial charge >= 0.3 is 0 Å². The fraction of sp³-hybridized carbons (Fsp3) is 0.316. The summed E-state index contributed by atoms with van der Waals surface area (Å²) in [6.45, 7) is 0.212. The van der Waals surface area contributed by atoms with Gasteiger partial charge in [0.25, 0.3) is 6.43 Å². The lowest BCUT2D eigenvalue weighted by Gasteiger charge is -2.06. The molecule has 0 spiro atoms. The molecular weight excluding hydrogens is 371 g/mol. The Labute approximate surface area is 159 Å². The molecule has 0 atom stereocenters. The van der Waals surface area contributed by atoms with E-state index in [4.69, 9.17) is 0 Å². The first-order valence-electron chi connectivity index (χ1n) is 8.90. The Morgan fingerprint density at radius 2 is 2.11 bits per heavy atom. The molecule has 0 radical (unpaired) electrons. The van der Waals surface area contributed by atoms with Crippen molar-refractivity contribution in [3.63, 3.8) is 0 Å². The molecule has 0 bridgehead atoms. The zero-order valence-electron chi connectivity index (χ0n) is 14.9. The average Bonchev–Trinajstić information content (AvgIpc) is 3.25. The van der Waals surface area contributed by atoms with Gasteiger partial charge in [-0.05, 0) is 36.6 Å². The van der Waals surface area contributed by atoms with Gasteiger partial charge in [0, 0.05) is 17.8 Å². The summed E-state index contributed by atoms with van der Waals surface area (Å²) in [7, 11) is 0. The Morgan fingerprint density at radius 3 is 2.82 bits per heavy atom. The zero-order valence-corrected chi connectivity index (χ0v) is 14.9. The molecule has 1 fully saturated rings. The molecule has 28 heavy (non-hydrogen) atoms. The van der Waals surface area contributed by atoms with Gasteiger partial charge in [0.05, 0.1) is 18.4 Å². The standard InChI is InChI=1S/C19H18F3N5O/c20-14-3-1-2-12(6-14)9-26-10-15(8-23-26)24-18(28)11-27-17(13-4-5-13)7-16(25-27)19(21)22/h1-3,6-8,10,13,19H,4-5,9,11H2,(H,24,28). The van der Waals surface area contributed by atoms with E-state index in [2.05, 4.69) is 15.5 Å². The summed E-state index contributed by atoms with van der Waals surface area (Å²) < 4.78 is 42.0. The molecule has 2 aromatic heterocycles. The van der Waals surface area contributed by atoms with Gasteiger partial charge in [0.1, 0.15) is 18.1 Å². The zero-order chi connectivity index (χ0) is 19.7. The SMILES string of the molecule is O=C(Cn1nc(C(F)F)cc1C1CC1)Nc1cnn(Cc2cccc(F)c2)c1. The van der Waals surface area contributed by atoms with Crippen LogP contribution < -0.4 is 5.32 Å². The van der Waals surface area contributed by atoms with E-state index in [1.165, 1.54) is 29.1 Å². The van der Waals surface area contributed by atoms with Gasteiger partial charge in [-0.2, -0.15) is 10.2 Å². The molecule has 0 saturated heterocycles. The van der Waals surface area contributed by atoms with Crippen LogP contribution in [0.3, 0.4) is 0 Å². The molecule has 1 saturated carbocycles. The van der Waals surface area contributed by atoms with Crippen LogP contribution in [-0.4, -0.2) is 25.5 Å². The second kappa shape index (κ2) is 7.49. The number of hydrogen-bond acceptors (Lipinski definition) is 3. The van der Waals surface area contributed by atoms with Gasteiger partial charge in [0.2, 0.25) is 5.91 Å². The van der Waals surface area contributed by atoms with E-state index in [-0.39, 0.29) is 29.9 Å². The Kier molecular flexibility index (Phi) is 4.89. The Hall–Kier alpha value is -3.10. The first-order valence-corrected chi connectivity index (χ1v) is 8.90. The summed E-state index contributed by atoms with van der Waals surface area (Å²) in [6, 6.07) is 7.56. The van der Waals surface area contributed by atoms with Gasteiger partial charge in [-0.3, -0.25) is 14.2 Å². The molecule has 0 aliphatic heterocycles. The maximum atomic E-state index is 13.3. The van der Waals surface area contributed by atoms with E-state index in [0.717, 1.165) is 18.4 Å². The van der Waals surface area contributed by atoms with E-state index >= 15 is 0 Å². The number of alkyl halides is 2. The van der Waals surface area contributed by atoms with Crippen LogP contribution in [0.15, 0.2) is 42.7 Å². The first-order chi connectivity index (χ1) is 13.5. The monoisotopic (exact) mass is 389 g/mol. The summed E-state index contributed by atoms with van der Waals surface area (Å²) in [5, 5.41) is 10.7. The van der Waals surface area contributed by atoms with E-state index < -0.39 is 6.43 Å². The van der Waals surface area contributed by atoms with Crippen LogP contribution in [0.1, 0.15) is 42.1 Å². The first kappa shape index (κ1) is 18.3. The summed E-state index contributed by atoms with van der Waals surface area (Å²) in [5.41, 5.74) is 1.58. The number of hydrogen-bond donors (Lipinski definition) is 1. The van der Waals surface area contributed by atoms with E-state index in [1.807, 2.05) is 0 Å². The number of amides is 1. The number of benzene rings is 1. The van der Waals surface area contributed by atoms with Crippen molar-refractivity contribution in [3.05, 3.63) is 65.5 Å². The highest BCUT2D eigenvalue weighted by Crippen LogP contribution is 2.41. The third-order valence-corrected chi connectivity index (χ3v) is 4.49. The van der Waals surface area contributed by atoms with Crippen molar-refractivity contribution < 1.29 is 18.0 Å². The molecule has 1 aliphatic rings. The summed E-state index contributed by atoms with van der Waals surface area (Å²) in [6.07, 6.45) is 2.28. The third-order valence-electron chi connectivity index (χ3n) is 4.49. The smallest absolute Gasteiger partial charge is 0.282 e. The normalized spacial score (nSPS) is 13.9. The quantitative estimate of drug-likeness (QED) is 0.670. The second-order valence-corrected chi connectivity index (χ2v) is 6.83. The maximum Gasteiger partial charge on any atom is 0.282 e. The van der Waals surface area contributed by atoms with Crippen molar-refractivity contribution in [2.45, 2.75) is 38.3 Å². The number of nitrogens with one attached hydrogen (secondary N) is 1. The van der Waals surface area contributed by atoms with Crippen LogP contribution in [0.25, 0.3) is 0 Å². The highest BCUT2D eigenvalue weighted by atomic mass is 19.3. The number of halogens is 3. The number of anilines is 1. The minimum Gasteiger partial charge on any atom is -0.322 e. The Balaban J connectivity index is 1.40. The van der Waals surface area contributed by atoms with Crippen LogP contribution >= 0.6 is 0 Å². The second-order valence-electron chi connectivity index (χ2n) is 6.83. The van der Waals surface area contributed by atoms with Crippen molar-refractivity contribution in [2.24, 2.45) is 0 Å². The molecule has 2 heterocycles. The lowest BCUT2D eigenvalue weighted by molar-refractivity contribution is -0.117. The molecule has 4 rings (SSSR count). The summed E-state index contributed by atoms with van der Waals surface area (Å²) >= 11 is 0. The highest BCUT2D eigenvalue weighted by molar-refractivity contribution is 5.90. The number of rotatable bonds is 7. The summed E-state index contributed by atoms with van der Waals surface area (Å²) in [5.74, 6) is -0.509. The van der Waals surface area contributed by atoms with Gasteiger partial charge in [-0.1, -0.05) is 12.1 Å². The van der Waals surface area contributed by atoms with Crippen molar-refractivity contribution in [3.8, 4) is 0 Å².